The minimum absolute atomic E-state index is 0.140. The molecule has 0 aromatic carbocycles. The van der Waals surface area contributed by atoms with Crippen LogP contribution in [-0.4, -0.2) is 37.1 Å². The summed E-state index contributed by atoms with van der Waals surface area (Å²) in [5.41, 5.74) is 0. The Kier molecular flexibility index (Phi) is 10.4. The fourth-order valence-electron chi connectivity index (χ4n) is 1.61. The average Bonchev–Trinajstić information content (AvgIpc) is 2.41. The summed E-state index contributed by atoms with van der Waals surface area (Å²) in [7, 11) is 0. The lowest BCUT2D eigenvalue weighted by molar-refractivity contribution is -0.159. The lowest BCUT2D eigenvalue weighted by Crippen LogP contribution is -2.48. The van der Waals surface area contributed by atoms with Gasteiger partial charge in [0, 0.05) is 6.42 Å². The Balaban J connectivity index is 4.36. The molecule has 0 aliphatic rings. The van der Waals surface area contributed by atoms with Crippen molar-refractivity contribution < 1.29 is 23.9 Å². The van der Waals surface area contributed by atoms with Crippen LogP contribution < -0.4 is 5.32 Å². The molecule has 0 radical (unpaired) electrons. The zero-order chi connectivity index (χ0) is 15.4. The van der Waals surface area contributed by atoms with Crippen LogP contribution in [0.5, 0.6) is 0 Å². The van der Waals surface area contributed by atoms with E-state index in [1.165, 1.54) is 0 Å². The molecule has 1 N–H and O–H groups in total. The fourth-order valence-corrected chi connectivity index (χ4v) is 1.61. The Morgan fingerprint density at radius 1 is 0.900 bits per heavy atom. The third-order valence-corrected chi connectivity index (χ3v) is 2.61. The summed E-state index contributed by atoms with van der Waals surface area (Å²) in [5.74, 6) is -1.91. The second-order valence-electron chi connectivity index (χ2n) is 4.32. The lowest BCUT2D eigenvalue weighted by atomic mass is 10.1. The van der Waals surface area contributed by atoms with Gasteiger partial charge in [-0.15, -0.1) is 0 Å². The Bertz CT molecular complexity index is 299. The molecule has 0 saturated heterocycles. The molecule has 0 aliphatic heterocycles. The number of hydrogen-bond acceptors (Lipinski definition) is 5. The number of nitrogens with one attached hydrogen (secondary N) is 1. The maximum absolute atomic E-state index is 11.7. The highest BCUT2D eigenvalue weighted by Crippen LogP contribution is 2.03. The molecular formula is C14H25NO5. The van der Waals surface area contributed by atoms with Gasteiger partial charge < -0.3 is 14.8 Å². The quantitative estimate of drug-likeness (QED) is 0.375. The van der Waals surface area contributed by atoms with Gasteiger partial charge in [0.25, 0.3) is 0 Å². The van der Waals surface area contributed by atoms with Gasteiger partial charge in [-0.25, -0.2) is 9.59 Å². The topological polar surface area (TPSA) is 81.7 Å². The predicted octanol–water partition coefficient (Wildman–Crippen LogP) is 1.57. The predicted molar refractivity (Wildman–Crippen MR) is 74.0 cm³/mol. The van der Waals surface area contributed by atoms with Crippen LogP contribution in [0.25, 0.3) is 0 Å². The average molecular weight is 287 g/mol. The van der Waals surface area contributed by atoms with E-state index in [-0.39, 0.29) is 25.5 Å². The molecule has 20 heavy (non-hydrogen) atoms. The standard InChI is InChI=1S/C14H25NO5/c1-4-7-8-9-10-11(16)15-12(13(17)19-5-2)14(18)20-6-3/h12H,4-10H2,1-3H3,(H,15,16). The van der Waals surface area contributed by atoms with Crippen LogP contribution in [0.15, 0.2) is 0 Å². The van der Waals surface area contributed by atoms with Gasteiger partial charge in [0.05, 0.1) is 13.2 Å². The highest BCUT2D eigenvalue weighted by Gasteiger charge is 2.30. The maximum Gasteiger partial charge on any atom is 0.340 e. The molecule has 6 nitrogen and oxygen atoms in total. The van der Waals surface area contributed by atoms with E-state index in [0.717, 1.165) is 25.7 Å². The van der Waals surface area contributed by atoms with E-state index >= 15 is 0 Å². The number of amides is 1. The molecule has 0 aliphatic carbocycles. The van der Waals surface area contributed by atoms with Crippen LogP contribution in [0.4, 0.5) is 0 Å². The molecule has 0 heterocycles. The summed E-state index contributed by atoms with van der Waals surface area (Å²) in [6.07, 6.45) is 4.11. The normalized spacial score (nSPS) is 10.2. The zero-order valence-electron chi connectivity index (χ0n) is 12.6. The number of rotatable bonds is 10. The number of carbonyl (C=O) groups excluding carboxylic acids is 3. The summed E-state index contributed by atoms with van der Waals surface area (Å²) in [5, 5.41) is 2.38. The minimum atomic E-state index is -1.37. The van der Waals surface area contributed by atoms with Crippen molar-refractivity contribution in [2.75, 3.05) is 13.2 Å². The third-order valence-electron chi connectivity index (χ3n) is 2.61. The number of carbonyl (C=O) groups is 3. The van der Waals surface area contributed by atoms with Crippen LogP contribution >= 0.6 is 0 Å². The van der Waals surface area contributed by atoms with Crippen molar-refractivity contribution in [3.05, 3.63) is 0 Å². The highest BCUT2D eigenvalue weighted by molar-refractivity contribution is 6.02. The van der Waals surface area contributed by atoms with Crippen molar-refractivity contribution in [2.24, 2.45) is 0 Å². The van der Waals surface area contributed by atoms with Gasteiger partial charge >= 0.3 is 11.9 Å². The Hall–Kier alpha value is -1.59. The molecule has 0 aromatic rings. The first-order valence-corrected chi connectivity index (χ1v) is 7.19. The van der Waals surface area contributed by atoms with Crippen molar-refractivity contribution in [2.45, 2.75) is 58.9 Å². The summed E-state index contributed by atoms with van der Waals surface area (Å²) >= 11 is 0. The minimum Gasteiger partial charge on any atom is -0.464 e. The molecule has 0 saturated carbocycles. The molecule has 0 atom stereocenters. The molecular weight excluding hydrogens is 262 g/mol. The van der Waals surface area contributed by atoms with Gasteiger partial charge in [-0.05, 0) is 20.3 Å². The van der Waals surface area contributed by atoms with Gasteiger partial charge in [-0.3, -0.25) is 4.79 Å². The van der Waals surface area contributed by atoms with Crippen molar-refractivity contribution in [1.82, 2.24) is 5.32 Å². The van der Waals surface area contributed by atoms with E-state index in [1.807, 2.05) is 0 Å². The molecule has 0 aromatic heterocycles. The number of esters is 2. The van der Waals surface area contributed by atoms with Crippen molar-refractivity contribution in [1.29, 1.82) is 0 Å². The molecule has 0 fully saturated rings. The van der Waals surface area contributed by atoms with E-state index < -0.39 is 18.0 Å². The zero-order valence-corrected chi connectivity index (χ0v) is 12.6. The summed E-state index contributed by atoms with van der Waals surface area (Å²) in [4.78, 5) is 35.0. The van der Waals surface area contributed by atoms with Gasteiger partial charge in [0.2, 0.25) is 11.9 Å². The van der Waals surface area contributed by atoms with Crippen molar-refractivity contribution >= 4 is 17.8 Å². The third kappa shape index (κ3) is 7.76. The molecule has 0 rings (SSSR count). The van der Waals surface area contributed by atoms with Gasteiger partial charge in [-0.2, -0.15) is 0 Å². The first-order chi connectivity index (χ1) is 9.56. The molecule has 6 heteroatoms. The second-order valence-corrected chi connectivity index (χ2v) is 4.32. The molecule has 1 amide bonds. The number of hydrogen-bond donors (Lipinski definition) is 1. The molecule has 0 spiro atoms. The Morgan fingerprint density at radius 2 is 1.45 bits per heavy atom. The van der Waals surface area contributed by atoms with E-state index in [2.05, 4.69) is 12.2 Å². The van der Waals surface area contributed by atoms with E-state index in [9.17, 15) is 14.4 Å². The fraction of sp³-hybridized carbons (Fsp3) is 0.786. The maximum atomic E-state index is 11.7. The highest BCUT2D eigenvalue weighted by atomic mass is 16.6. The van der Waals surface area contributed by atoms with Crippen LogP contribution in [0, 0.1) is 0 Å². The Labute approximate surface area is 120 Å². The van der Waals surface area contributed by atoms with Gasteiger partial charge in [0.1, 0.15) is 0 Å². The largest absolute Gasteiger partial charge is 0.464 e. The Morgan fingerprint density at radius 3 is 1.90 bits per heavy atom. The monoisotopic (exact) mass is 287 g/mol. The lowest BCUT2D eigenvalue weighted by Gasteiger charge is -2.15. The molecule has 0 unspecified atom stereocenters. The molecule has 116 valence electrons. The first kappa shape index (κ1) is 18.4. The first-order valence-electron chi connectivity index (χ1n) is 7.19. The van der Waals surface area contributed by atoms with Crippen LogP contribution in [0.3, 0.4) is 0 Å². The number of unbranched alkanes of at least 4 members (excludes halogenated alkanes) is 3. The van der Waals surface area contributed by atoms with E-state index in [0.29, 0.717) is 0 Å². The summed E-state index contributed by atoms with van der Waals surface area (Å²) in [6.45, 7) is 5.62. The second kappa shape index (κ2) is 11.3. The number of ether oxygens (including phenoxy) is 2. The van der Waals surface area contributed by atoms with Gasteiger partial charge in [0.15, 0.2) is 0 Å². The molecule has 0 bridgehead atoms. The van der Waals surface area contributed by atoms with Crippen LogP contribution in [0.1, 0.15) is 52.9 Å². The van der Waals surface area contributed by atoms with Gasteiger partial charge in [-0.1, -0.05) is 26.2 Å². The van der Waals surface area contributed by atoms with Crippen molar-refractivity contribution in [3.63, 3.8) is 0 Å². The SMILES string of the molecule is CCCCCCC(=O)NC(C(=O)OCC)C(=O)OCC. The van der Waals surface area contributed by atoms with Crippen LogP contribution in [0.2, 0.25) is 0 Å². The summed E-state index contributed by atoms with van der Waals surface area (Å²) in [6, 6.07) is -1.37. The smallest absolute Gasteiger partial charge is 0.340 e. The summed E-state index contributed by atoms with van der Waals surface area (Å²) < 4.78 is 9.52. The van der Waals surface area contributed by atoms with E-state index in [1.54, 1.807) is 13.8 Å². The van der Waals surface area contributed by atoms with Crippen LogP contribution in [-0.2, 0) is 23.9 Å². The van der Waals surface area contributed by atoms with Crippen molar-refractivity contribution in [3.8, 4) is 0 Å². The van der Waals surface area contributed by atoms with E-state index in [4.69, 9.17) is 9.47 Å².